The first-order valence-corrected chi connectivity index (χ1v) is 6.26. The largest absolute Gasteiger partial charge is 0.370 e. The van der Waals surface area contributed by atoms with Crippen LogP contribution in [0.25, 0.3) is 0 Å². The van der Waals surface area contributed by atoms with Crippen LogP contribution in [0.3, 0.4) is 0 Å². The van der Waals surface area contributed by atoms with Gasteiger partial charge in [0.2, 0.25) is 0 Å². The second-order valence-corrected chi connectivity index (χ2v) is 5.18. The van der Waals surface area contributed by atoms with E-state index in [9.17, 15) is 0 Å². The number of nitrogens with one attached hydrogen (secondary N) is 1. The molecule has 1 aliphatic rings. The number of guanidine groups is 1. The van der Waals surface area contributed by atoms with Gasteiger partial charge >= 0.3 is 0 Å². The van der Waals surface area contributed by atoms with E-state index in [0.29, 0.717) is 12.5 Å². The Morgan fingerprint density at radius 2 is 2.18 bits per heavy atom. The highest BCUT2D eigenvalue weighted by Crippen LogP contribution is 2.27. The molecule has 17 heavy (non-hydrogen) atoms. The SMILES string of the molecule is C=C(C)CN=C(N)NCC1CCCC(C)C1.I. The monoisotopic (exact) mass is 351 g/mol. The molecule has 4 heteroatoms. The minimum absolute atomic E-state index is 0. The van der Waals surface area contributed by atoms with Gasteiger partial charge in [0.15, 0.2) is 5.96 Å². The molecule has 0 amide bonds. The van der Waals surface area contributed by atoms with Gasteiger partial charge in [0.05, 0.1) is 6.54 Å². The lowest BCUT2D eigenvalue weighted by Crippen LogP contribution is -2.36. The van der Waals surface area contributed by atoms with E-state index in [0.717, 1.165) is 24.0 Å². The molecule has 0 bridgehead atoms. The molecular weight excluding hydrogens is 325 g/mol. The fourth-order valence-electron chi connectivity index (χ4n) is 2.27. The van der Waals surface area contributed by atoms with E-state index in [1.165, 1.54) is 25.7 Å². The molecule has 0 aliphatic heterocycles. The van der Waals surface area contributed by atoms with Crippen molar-refractivity contribution >= 4 is 29.9 Å². The van der Waals surface area contributed by atoms with Crippen LogP contribution in [0.15, 0.2) is 17.1 Å². The topological polar surface area (TPSA) is 50.4 Å². The third-order valence-corrected chi connectivity index (χ3v) is 3.14. The molecule has 100 valence electrons. The number of aliphatic imine (C=N–C) groups is 1. The third-order valence-electron chi connectivity index (χ3n) is 3.14. The van der Waals surface area contributed by atoms with Gasteiger partial charge in [-0.15, -0.1) is 24.0 Å². The maximum absolute atomic E-state index is 5.77. The summed E-state index contributed by atoms with van der Waals surface area (Å²) in [6.45, 7) is 9.69. The molecule has 0 aromatic carbocycles. The average Bonchev–Trinajstić information content (AvgIpc) is 2.23. The lowest BCUT2D eigenvalue weighted by molar-refractivity contribution is 0.282. The highest BCUT2D eigenvalue weighted by atomic mass is 127. The predicted molar refractivity (Wildman–Crippen MR) is 85.8 cm³/mol. The quantitative estimate of drug-likeness (QED) is 0.354. The summed E-state index contributed by atoms with van der Waals surface area (Å²) in [5, 5.41) is 3.21. The molecule has 0 aromatic rings. The fraction of sp³-hybridized carbons (Fsp3) is 0.769. The Bertz CT molecular complexity index is 263. The molecule has 0 aromatic heterocycles. The zero-order valence-electron chi connectivity index (χ0n) is 11.0. The maximum Gasteiger partial charge on any atom is 0.188 e. The average molecular weight is 351 g/mol. The summed E-state index contributed by atoms with van der Waals surface area (Å²) in [5.41, 5.74) is 6.81. The van der Waals surface area contributed by atoms with Crippen molar-refractivity contribution in [1.82, 2.24) is 5.32 Å². The molecule has 2 atom stereocenters. The van der Waals surface area contributed by atoms with Crippen LogP contribution in [0.2, 0.25) is 0 Å². The number of nitrogens with zero attached hydrogens (tertiary/aromatic N) is 1. The molecule has 1 rings (SSSR count). The number of hydrogen-bond donors (Lipinski definition) is 2. The van der Waals surface area contributed by atoms with Crippen molar-refractivity contribution in [2.24, 2.45) is 22.6 Å². The van der Waals surface area contributed by atoms with Crippen LogP contribution < -0.4 is 11.1 Å². The number of halogens is 1. The molecule has 0 saturated heterocycles. The Hall–Kier alpha value is -0.260. The van der Waals surface area contributed by atoms with E-state index in [-0.39, 0.29) is 24.0 Å². The zero-order valence-corrected chi connectivity index (χ0v) is 13.4. The summed E-state index contributed by atoms with van der Waals surface area (Å²) in [6.07, 6.45) is 5.39. The van der Waals surface area contributed by atoms with E-state index in [4.69, 9.17) is 5.73 Å². The Morgan fingerprint density at radius 3 is 2.76 bits per heavy atom. The molecular formula is C13H26IN3. The lowest BCUT2D eigenvalue weighted by Gasteiger charge is -2.26. The Morgan fingerprint density at radius 1 is 1.47 bits per heavy atom. The molecule has 0 radical (unpaired) electrons. The molecule has 1 saturated carbocycles. The van der Waals surface area contributed by atoms with Gasteiger partial charge in [-0.2, -0.15) is 0 Å². The predicted octanol–water partition coefficient (Wildman–Crippen LogP) is 2.91. The van der Waals surface area contributed by atoms with Crippen LogP contribution in [0.5, 0.6) is 0 Å². The van der Waals surface area contributed by atoms with Crippen molar-refractivity contribution in [2.75, 3.05) is 13.1 Å². The van der Waals surface area contributed by atoms with Crippen molar-refractivity contribution in [3.63, 3.8) is 0 Å². The maximum atomic E-state index is 5.77. The van der Waals surface area contributed by atoms with Gasteiger partial charge in [-0.25, -0.2) is 4.99 Å². The molecule has 3 N–H and O–H groups in total. The highest BCUT2D eigenvalue weighted by Gasteiger charge is 2.18. The molecule has 0 heterocycles. The van der Waals surface area contributed by atoms with E-state index >= 15 is 0 Å². The van der Waals surface area contributed by atoms with Crippen LogP contribution in [0, 0.1) is 11.8 Å². The molecule has 1 fully saturated rings. The summed E-state index contributed by atoms with van der Waals surface area (Å²) >= 11 is 0. The smallest absolute Gasteiger partial charge is 0.188 e. The van der Waals surface area contributed by atoms with Crippen molar-refractivity contribution in [3.8, 4) is 0 Å². The van der Waals surface area contributed by atoms with E-state index in [1.807, 2.05) is 6.92 Å². The number of nitrogens with two attached hydrogens (primary N) is 1. The van der Waals surface area contributed by atoms with Crippen molar-refractivity contribution in [3.05, 3.63) is 12.2 Å². The van der Waals surface area contributed by atoms with Crippen LogP contribution in [-0.2, 0) is 0 Å². The summed E-state index contributed by atoms with van der Waals surface area (Å²) in [5.74, 6) is 2.19. The van der Waals surface area contributed by atoms with E-state index in [2.05, 4.69) is 23.8 Å². The van der Waals surface area contributed by atoms with Gasteiger partial charge in [0, 0.05) is 6.54 Å². The summed E-state index contributed by atoms with van der Waals surface area (Å²) in [6, 6.07) is 0. The third kappa shape index (κ3) is 7.63. The summed E-state index contributed by atoms with van der Waals surface area (Å²) < 4.78 is 0. The van der Waals surface area contributed by atoms with Gasteiger partial charge in [-0.3, -0.25) is 0 Å². The first-order valence-electron chi connectivity index (χ1n) is 6.26. The second kappa shape index (κ2) is 8.78. The van der Waals surface area contributed by atoms with Crippen molar-refractivity contribution < 1.29 is 0 Å². The summed E-state index contributed by atoms with van der Waals surface area (Å²) in [4.78, 5) is 4.21. The molecule has 2 unspecified atom stereocenters. The number of rotatable bonds is 4. The zero-order chi connectivity index (χ0) is 12.0. The highest BCUT2D eigenvalue weighted by molar-refractivity contribution is 14.0. The van der Waals surface area contributed by atoms with Gasteiger partial charge < -0.3 is 11.1 Å². The Balaban J connectivity index is 0.00000256. The van der Waals surface area contributed by atoms with Crippen LogP contribution in [-0.4, -0.2) is 19.0 Å². The Kier molecular flexibility index (Phi) is 8.64. The summed E-state index contributed by atoms with van der Waals surface area (Å²) in [7, 11) is 0. The van der Waals surface area contributed by atoms with Crippen molar-refractivity contribution in [2.45, 2.75) is 39.5 Å². The fourth-order valence-corrected chi connectivity index (χ4v) is 2.27. The standard InChI is InChI=1S/C13H25N3.HI/c1-10(2)8-15-13(14)16-9-12-6-4-5-11(3)7-12;/h11-12H,1,4-9H2,2-3H3,(H3,14,15,16);1H. The van der Waals surface area contributed by atoms with Crippen LogP contribution in [0.4, 0.5) is 0 Å². The van der Waals surface area contributed by atoms with Gasteiger partial charge in [0.25, 0.3) is 0 Å². The van der Waals surface area contributed by atoms with Gasteiger partial charge in [0.1, 0.15) is 0 Å². The van der Waals surface area contributed by atoms with Crippen LogP contribution >= 0.6 is 24.0 Å². The first kappa shape index (κ1) is 16.7. The minimum Gasteiger partial charge on any atom is -0.370 e. The van der Waals surface area contributed by atoms with Gasteiger partial charge in [-0.05, 0) is 31.6 Å². The van der Waals surface area contributed by atoms with Crippen molar-refractivity contribution in [1.29, 1.82) is 0 Å². The van der Waals surface area contributed by atoms with E-state index < -0.39 is 0 Å². The van der Waals surface area contributed by atoms with Crippen LogP contribution in [0.1, 0.15) is 39.5 Å². The number of hydrogen-bond acceptors (Lipinski definition) is 1. The lowest BCUT2D eigenvalue weighted by atomic mass is 9.82. The molecule has 1 aliphatic carbocycles. The normalized spacial score (nSPS) is 24.9. The van der Waals surface area contributed by atoms with Gasteiger partial charge in [-0.1, -0.05) is 31.9 Å². The first-order chi connectivity index (χ1) is 7.58. The minimum atomic E-state index is 0. The molecule has 0 spiro atoms. The molecule has 3 nitrogen and oxygen atoms in total. The Labute approximate surface area is 122 Å². The van der Waals surface area contributed by atoms with E-state index in [1.54, 1.807) is 0 Å². The second-order valence-electron chi connectivity index (χ2n) is 5.18.